The third-order valence-electron chi connectivity index (χ3n) is 4.14. The average Bonchev–Trinajstić information content (AvgIpc) is 2.53. The molecule has 1 aliphatic rings. The van der Waals surface area contributed by atoms with Gasteiger partial charge in [-0.15, -0.1) is 0 Å². The molecule has 1 aromatic rings. The summed E-state index contributed by atoms with van der Waals surface area (Å²) in [7, 11) is -3.65. The van der Waals surface area contributed by atoms with Crippen LogP contribution in [0.15, 0.2) is 29.2 Å². The lowest BCUT2D eigenvalue weighted by molar-refractivity contribution is -0.120. The summed E-state index contributed by atoms with van der Waals surface area (Å²) in [5, 5.41) is 11.2. The van der Waals surface area contributed by atoms with E-state index in [1.807, 2.05) is 0 Å². The Bertz CT molecular complexity index is 608. The maximum atomic E-state index is 11.8. The fourth-order valence-corrected chi connectivity index (χ4v) is 3.31. The first-order valence-corrected chi connectivity index (χ1v) is 9.61. The predicted molar refractivity (Wildman–Crippen MR) is 89.4 cm³/mol. The van der Waals surface area contributed by atoms with Crippen molar-refractivity contribution in [2.24, 2.45) is 5.14 Å². The second kappa shape index (κ2) is 8.42. The number of sulfonamides is 1. The van der Waals surface area contributed by atoms with E-state index in [4.69, 9.17) is 5.14 Å². The Labute approximate surface area is 137 Å². The minimum absolute atomic E-state index is 0.00303. The summed E-state index contributed by atoms with van der Waals surface area (Å²) in [6, 6.07) is 6.87. The van der Waals surface area contributed by atoms with Crippen LogP contribution in [0, 0.1) is 0 Å². The highest BCUT2D eigenvalue weighted by atomic mass is 32.2. The summed E-state index contributed by atoms with van der Waals surface area (Å²) < 4.78 is 22.3. The van der Waals surface area contributed by atoms with Gasteiger partial charge >= 0.3 is 0 Å². The minimum Gasteiger partial charge on any atom is -0.355 e. The first-order chi connectivity index (χ1) is 10.9. The molecule has 0 unspecified atom stereocenters. The van der Waals surface area contributed by atoms with Gasteiger partial charge in [-0.05, 0) is 37.0 Å². The first kappa shape index (κ1) is 17.9. The summed E-state index contributed by atoms with van der Waals surface area (Å²) in [5.74, 6) is -0.00303. The molecule has 0 atom stereocenters. The second-order valence-electron chi connectivity index (χ2n) is 6.00. The zero-order chi connectivity index (χ0) is 16.7. The van der Waals surface area contributed by atoms with E-state index in [0.717, 1.165) is 18.4 Å². The van der Waals surface area contributed by atoms with Gasteiger partial charge in [0.1, 0.15) is 0 Å². The van der Waals surface area contributed by atoms with E-state index in [9.17, 15) is 13.2 Å². The van der Waals surface area contributed by atoms with Crippen LogP contribution in [0.4, 0.5) is 0 Å². The van der Waals surface area contributed by atoms with Gasteiger partial charge in [0.25, 0.3) is 0 Å². The van der Waals surface area contributed by atoms with Crippen molar-refractivity contribution in [2.75, 3.05) is 13.1 Å². The molecule has 0 heterocycles. The lowest BCUT2D eigenvalue weighted by atomic mass is 9.95. The van der Waals surface area contributed by atoms with Crippen molar-refractivity contribution in [3.63, 3.8) is 0 Å². The van der Waals surface area contributed by atoms with Crippen LogP contribution in [-0.4, -0.2) is 33.5 Å². The van der Waals surface area contributed by atoms with Crippen LogP contribution in [0.2, 0.25) is 0 Å². The van der Waals surface area contributed by atoms with E-state index in [2.05, 4.69) is 10.6 Å². The normalized spacial score (nSPS) is 16.2. The Balaban J connectivity index is 1.66. The standard InChI is InChI=1S/C16H25N3O3S/c17-23(21,22)15-8-6-13(7-9-15)10-11-18-16(20)12-19-14-4-2-1-3-5-14/h6-9,14,19H,1-5,10-12H2,(H,18,20)(H2,17,21,22). The van der Waals surface area contributed by atoms with Crippen LogP contribution in [0.25, 0.3) is 0 Å². The van der Waals surface area contributed by atoms with Crippen molar-refractivity contribution in [3.8, 4) is 0 Å². The minimum atomic E-state index is -3.65. The van der Waals surface area contributed by atoms with E-state index in [1.165, 1.54) is 31.4 Å². The summed E-state index contributed by atoms with van der Waals surface area (Å²) in [6.07, 6.45) is 6.75. The van der Waals surface area contributed by atoms with E-state index in [1.54, 1.807) is 12.1 Å². The van der Waals surface area contributed by atoms with E-state index >= 15 is 0 Å². The molecule has 0 bridgehead atoms. The van der Waals surface area contributed by atoms with Gasteiger partial charge in [-0.25, -0.2) is 13.6 Å². The molecule has 1 saturated carbocycles. The number of hydrogen-bond acceptors (Lipinski definition) is 4. The zero-order valence-corrected chi connectivity index (χ0v) is 14.1. The average molecular weight is 339 g/mol. The van der Waals surface area contributed by atoms with E-state index in [0.29, 0.717) is 25.6 Å². The van der Waals surface area contributed by atoms with Gasteiger partial charge < -0.3 is 10.6 Å². The Morgan fingerprint density at radius 2 is 1.78 bits per heavy atom. The molecule has 0 radical (unpaired) electrons. The molecular weight excluding hydrogens is 314 g/mol. The van der Waals surface area contributed by atoms with Gasteiger partial charge in [-0.1, -0.05) is 31.4 Å². The van der Waals surface area contributed by atoms with Gasteiger partial charge in [0.05, 0.1) is 11.4 Å². The van der Waals surface area contributed by atoms with Gasteiger partial charge in [0, 0.05) is 12.6 Å². The number of primary sulfonamides is 1. The Hall–Kier alpha value is -1.44. The number of amides is 1. The van der Waals surface area contributed by atoms with Crippen LogP contribution in [0.1, 0.15) is 37.7 Å². The highest BCUT2D eigenvalue weighted by Gasteiger charge is 2.13. The van der Waals surface area contributed by atoms with Crippen LogP contribution >= 0.6 is 0 Å². The monoisotopic (exact) mass is 339 g/mol. The molecule has 2 rings (SSSR count). The lowest BCUT2D eigenvalue weighted by Gasteiger charge is -2.22. The maximum Gasteiger partial charge on any atom is 0.238 e. The van der Waals surface area contributed by atoms with Gasteiger partial charge in [-0.3, -0.25) is 4.79 Å². The quantitative estimate of drug-likeness (QED) is 0.687. The molecular formula is C16H25N3O3S. The second-order valence-corrected chi connectivity index (χ2v) is 7.57. The number of benzene rings is 1. The van der Waals surface area contributed by atoms with Crippen LogP contribution in [0.5, 0.6) is 0 Å². The molecule has 128 valence electrons. The number of carbonyl (C=O) groups is 1. The number of nitrogens with one attached hydrogen (secondary N) is 2. The van der Waals surface area contributed by atoms with Gasteiger partial charge in [0.15, 0.2) is 0 Å². The first-order valence-electron chi connectivity index (χ1n) is 8.07. The van der Waals surface area contributed by atoms with Gasteiger partial charge in [0.2, 0.25) is 15.9 Å². The topological polar surface area (TPSA) is 101 Å². The summed E-state index contributed by atoms with van der Waals surface area (Å²) in [4.78, 5) is 11.9. The van der Waals surface area contributed by atoms with E-state index in [-0.39, 0.29) is 10.8 Å². The van der Waals surface area contributed by atoms with Crippen molar-refractivity contribution in [1.29, 1.82) is 0 Å². The van der Waals surface area contributed by atoms with Crippen molar-refractivity contribution in [2.45, 2.75) is 49.5 Å². The van der Waals surface area contributed by atoms with Crippen molar-refractivity contribution >= 4 is 15.9 Å². The lowest BCUT2D eigenvalue weighted by Crippen LogP contribution is -2.40. The molecule has 1 fully saturated rings. The summed E-state index contributed by atoms with van der Waals surface area (Å²) in [6.45, 7) is 0.884. The molecule has 6 nitrogen and oxygen atoms in total. The van der Waals surface area contributed by atoms with Gasteiger partial charge in [-0.2, -0.15) is 0 Å². The molecule has 1 amide bonds. The molecule has 0 aliphatic heterocycles. The fraction of sp³-hybridized carbons (Fsp3) is 0.562. The summed E-state index contributed by atoms with van der Waals surface area (Å²) >= 11 is 0. The molecule has 7 heteroatoms. The van der Waals surface area contributed by atoms with Crippen molar-refractivity contribution in [3.05, 3.63) is 29.8 Å². The number of rotatable bonds is 7. The van der Waals surface area contributed by atoms with E-state index < -0.39 is 10.0 Å². The molecule has 1 aliphatic carbocycles. The molecule has 4 N–H and O–H groups in total. The van der Waals surface area contributed by atoms with Crippen LogP contribution < -0.4 is 15.8 Å². The predicted octanol–water partition coefficient (Wildman–Crippen LogP) is 0.915. The van der Waals surface area contributed by atoms with Crippen LogP contribution in [0.3, 0.4) is 0 Å². The molecule has 0 spiro atoms. The Kier molecular flexibility index (Phi) is 6.56. The number of hydrogen-bond donors (Lipinski definition) is 3. The maximum absolute atomic E-state index is 11.8. The molecule has 0 aromatic heterocycles. The number of nitrogens with two attached hydrogens (primary N) is 1. The van der Waals surface area contributed by atoms with Crippen molar-refractivity contribution < 1.29 is 13.2 Å². The van der Waals surface area contributed by atoms with Crippen molar-refractivity contribution in [1.82, 2.24) is 10.6 Å². The fourth-order valence-electron chi connectivity index (χ4n) is 2.80. The Morgan fingerprint density at radius 3 is 2.39 bits per heavy atom. The zero-order valence-electron chi connectivity index (χ0n) is 13.3. The largest absolute Gasteiger partial charge is 0.355 e. The Morgan fingerprint density at radius 1 is 1.13 bits per heavy atom. The third-order valence-corrected chi connectivity index (χ3v) is 5.07. The third kappa shape index (κ3) is 6.29. The molecule has 1 aromatic carbocycles. The molecule has 0 saturated heterocycles. The smallest absolute Gasteiger partial charge is 0.238 e. The molecule has 23 heavy (non-hydrogen) atoms. The highest BCUT2D eigenvalue weighted by molar-refractivity contribution is 7.89. The highest BCUT2D eigenvalue weighted by Crippen LogP contribution is 2.16. The van der Waals surface area contributed by atoms with Crippen LogP contribution in [-0.2, 0) is 21.2 Å². The number of carbonyl (C=O) groups excluding carboxylic acids is 1. The summed E-state index contributed by atoms with van der Waals surface area (Å²) in [5.41, 5.74) is 0.956. The SMILES string of the molecule is NS(=O)(=O)c1ccc(CCNC(=O)CNC2CCCCC2)cc1.